The first-order chi connectivity index (χ1) is 16.0. The Labute approximate surface area is 193 Å². The highest BCUT2D eigenvalue weighted by Crippen LogP contribution is 2.21. The van der Waals surface area contributed by atoms with E-state index in [1.807, 2.05) is 4.90 Å². The lowest BCUT2D eigenvalue weighted by atomic mass is 10.2. The zero-order valence-corrected chi connectivity index (χ0v) is 18.8. The number of nitrogens with one attached hydrogen (secondary N) is 1. The first-order valence-corrected chi connectivity index (χ1v) is 11.6. The molecule has 0 saturated carbocycles. The molecule has 3 aliphatic rings. The lowest BCUT2D eigenvalue weighted by Crippen LogP contribution is -2.54. The molecule has 0 atom stereocenters. The Balaban J connectivity index is 1.18. The molecule has 178 valence electrons. The van der Waals surface area contributed by atoms with Crippen molar-refractivity contribution in [2.75, 3.05) is 77.0 Å². The molecule has 0 spiro atoms. The van der Waals surface area contributed by atoms with Gasteiger partial charge in [0.05, 0.1) is 26.3 Å². The molecule has 0 bridgehead atoms. The van der Waals surface area contributed by atoms with E-state index in [9.17, 15) is 19.2 Å². The summed E-state index contributed by atoms with van der Waals surface area (Å²) < 4.78 is 5.28. The Morgan fingerprint density at radius 3 is 2.15 bits per heavy atom. The molecule has 33 heavy (non-hydrogen) atoms. The molecule has 0 unspecified atom stereocenters. The van der Waals surface area contributed by atoms with Crippen molar-refractivity contribution >= 4 is 29.3 Å². The van der Waals surface area contributed by atoms with Crippen molar-refractivity contribution in [3.63, 3.8) is 0 Å². The fourth-order valence-corrected chi connectivity index (χ4v) is 4.34. The van der Waals surface area contributed by atoms with Gasteiger partial charge in [-0.1, -0.05) is 0 Å². The number of hydrogen-bond donors (Lipinski definition) is 1. The smallest absolute Gasteiger partial charge is 0.251 e. The summed E-state index contributed by atoms with van der Waals surface area (Å²) in [6.07, 6.45) is 1.41. The minimum atomic E-state index is -0.322. The maximum Gasteiger partial charge on any atom is 0.251 e. The summed E-state index contributed by atoms with van der Waals surface area (Å²) in [6.45, 7) is 5.76. The molecule has 4 rings (SSSR count). The van der Waals surface area contributed by atoms with Crippen molar-refractivity contribution in [2.45, 2.75) is 12.8 Å². The van der Waals surface area contributed by atoms with E-state index in [1.165, 1.54) is 0 Å². The van der Waals surface area contributed by atoms with Gasteiger partial charge in [-0.15, -0.1) is 0 Å². The van der Waals surface area contributed by atoms with Gasteiger partial charge < -0.3 is 24.8 Å². The second-order valence-corrected chi connectivity index (χ2v) is 8.53. The third kappa shape index (κ3) is 5.88. The lowest BCUT2D eigenvalue weighted by molar-refractivity contribution is -0.137. The van der Waals surface area contributed by atoms with Gasteiger partial charge in [0.1, 0.15) is 0 Å². The molecule has 3 heterocycles. The molecule has 4 amide bonds. The highest BCUT2D eigenvalue weighted by atomic mass is 16.5. The first-order valence-electron chi connectivity index (χ1n) is 11.6. The minimum absolute atomic E-state index is 0.0715. The molecule has 3 fully saturated rings. The van der Waals surface area contributed by atoms with Crippen LogP contribution in [-0.4, -0.2) is 110 Å². The summed E-state index contributed by atoms with van der Waals surface area (Å²) in [7, 11) is 0. The summed E-state index contributed by atoms with van der Waals surface area (Å²) >= 11 is 0. The number of ether oxygens (including phenoxy) is 1. The van der Waals surface area contributed by atoms with Crippen LogP contribution in [0.15, 0.2) is 24.3 Å². The number of nitrogens with zero attached hydrogens (tertiary/aromatic N) is 4. The Morgan fingerprint density at radius 2 is 1.52 bits per heavy atom. The molecule has 0 radical (unpaired) electrons. The van der Waals surface area contributed by atoms with Gasteiger partial charge in [-0.05, 0) is 30.7 Å². The number of anilines is 1. The van der Waals surface area contributed by atoms with E-state index < -0.39 is 0 Å². The predicted molar refractivity (Wildman–Crippen MR) is 121 cm³/mol. The molecule has 3 saturated heterocycles. The van der Waals surface area contributed by atoms with Crippen LogP contribution in [0.1, 0.15) is 23.2 Å². The van der Waals surface area contributed by atoms with E-state index in [0.29, 0.717) is 77.6 Å². The number of hydrogen-bond acceptors (Lipinski definition) is 6. The Kier molecular flexibility index (Phi) is 7.56. The molecule has 10 heteroatoms. The third-order valence-corrected chi connectivity index (χ3v) is 6.36. The number of amides is 4. The summed E-state index contributed by atoms with van der Waals surface area (Å²) in [6, 6.07) is 6.87. The van der Waals surface area contributed by atoms with Gasteiger partial charge in [0.2, 0.25) is 17.7 Å². The van der Waals surface area contributed by atoms with E-state index in [1.54, 1.807) is 34.1 Å². The van der Waals surface area contributed by atoms with Crippen LogP contribution in [-0.2, 0) is 19.1 Å². The van der Waals surface area contributed by atoms with E-state index in [2.05, 4.69) is 10.2 Å². The predicted octanol–water partition coefficient (Wildman–Crippen LogP) is -0.454. The molecule has 3 aliphatic heterocycles. The van der Waals surface area contributed by atoms with Crippen LogP contribution in [0.2, 0.25) is 0 Å². The van der Waals surface area contributed by atoms with Crippen LogP contribution in [0.25, 0.3) is 0 Å². The van der Waals surface area contributed by atoms with Gasteiger partial charge >= 0.3 is 0 Å². The fraction of sp³-hybridized carbons (Fsp3) is 0.565. The monoisotopic (exact) mass is 457 g/mol. The van der Waals surface area contributed by atoms with Crippen molar-refractivity contribution in [3.05, 3.63) is 29.8 Å². The average molecular weight is 458 g/mol. The molecule has 0 aromatic heterocycles. The Morgan fingerprint density at radius 1 is 0.848 bits per heavy atom. The largest absolute Gasteiger partial charge is 0.378 e. The molecular formula is C23H31N5O5. The quantitative estimate of drug-likeness (QED) is 0.621. The van der Waals surface area contributed by atoms with Crippen LogP contribution >= 0.6 is 0 Å². The lowest BCUT2D eigenvalue weighted by Gasteiger charge is -2.36. The SMILES string of the molecule is O=C(NCC(=O)N1CCN(CC(=O)N2CCOCC2)CC1)c1ccc(N2CCCC2=O)cc1. The number of morpholine rings is 1. The van der Waals surface area contributed by atoms with Crippen LogP contribution in [0.3, 0.4) is 0 Å². The highest BCUT2D eigenvalue weighted by Gasteiger charge is 2.25. The van der Waals surface area contributed by atoms with E-state index in [0.717, 1.165) is 12.1 Å². The standard InChI is InChI=1S/C23H31N5O5/c29-20-2-1-7-28(20)19-5-3-18(4-6-19)23(32)24-16-21(30)26-10-8-25(9-11-26)17-22(31)27-12-14-33-15-13-27/h3-6H,1-2,7-17H2,(H,24,32). The molecule has 1 N–H and O–H groups in total. The van der Waals surface area contributed by atoms with E-state index in [-0.39, 0.29) is 30.2 Å². The van der Waals surface area contributed by atoms with E-state index >= 15 is 0 Å². The average Bonchev–Trinajstić information content (AvgIpc) is 3.29. The zero-order valence-electron chi connectivity index (χ0n) is 18.8. The molecular weight excluding hydrogens is 426 g/mol. The Bertz CT molecular complexity index is 876. The highest BCUT2D eigenvalue weighted by molar-refractivity contribution is 5.98. The second kappa shape index (κ2) is 10.8. The summed E-state index contributed by atoms with van der Waals surface area (Å²) in [5, 5.41) is 2.68. The second-order valence-electron chi connectivity index (χ2n) is 8.53. The topological polar surface area (TPSA) is 102 Å². The number of piperazine rings is 1. The van der Waals surface area contributed by atoms with Gasteiger partial charge in [0.15, 0.2) is 0 Å². The van der Waals surface area contributed by atoms with Gasteiger partial charge in [-0.2, -0.15) is 0 Å². The number of carbonyl (C=O) groups excluding carboxylic acids is 4. The van der Waals surface area contributed by atoms with Crippen LogP contribution < -0.4 is 10.2 Å². The van der Waals surface area contributed by atoms with Crippen LogP contribution in [0.5, 0.6) is 0 Å². The molecule has 10 nitrogen and oxygen atoms in total. The van der Waals surface area contributed by atoms with E-state index in [4.69, 9.17) is 4.74 Å². The summed E-state index contributed by atoms with van der Waals surface area (Å²) in [5.41, 5.74) is 1.24. The maximum atomic E-state index is 12.5. The first kappa shape index (κ1) is 23.2. The van der Waals surface area contributed by atoms with Crippen molar-refractivity contribution in [1.29, 1.82) is 0 Å². The van der Waals surface area contributed by atoms with Crippen LogP contribution in [0, 0.1) is 0 Å². The molecule has 1 aromatic rings. The van der Waals surface area contributed by atoms with Gasteiger partial charge in [-0.3, -0.25) is 24.1 Å². The Hall–Kier alpha value is -2.98. The molecule has 0 aliphatic carbocycles. The number of benzene rings is 1. The number of rotatable bonds is 6. The normalized spacial score (nSPS) is 19.6. The van der Waals surface area contributed by atoms with Crippen molar-refractivity contribution in [2.24, 2.45) is 0 Å². The van der Waals surface area contributed by atoms with Gasteiger partial charge in [0.25, 0.3) is 5.91 Å². The fourth-order valence-electron chi connectivity index (χ4n) is 4.34. The van der Waals surface area contributed by atoms with Crippen LogP contribution in [0.4, 0.5) is 5.69 Å². The van der Waals surface area contributed by atoms with Crippen molar-refractivity contribution < 1.29 is 23.9 Å². The molecule has 1 aromatic carbocycles. The zero-order chi connectivity index (χ0) is 23.2. The summed E-state index contributed by atoms with van der Waals surface area (Å²) in [4.78, 5) is 56.5. The summed E-state index contributed by atoms with van der Waals surface area (Å²) in [5.74, 6) is -0.256. The van der Waals surface area contributed by atoms with Gasteiger partial charge in [-0.25, -0.2) is 0 Å². The van der Waals surface area contributed by atoms with Gasteiger partial charge in [0, 0.05) is 63.5 Å². The minimum Gasteiger partial charge on any atom is -0.378 e. The maximum absolute atomic E-state index is 12.5. The number of carbonyl (C=O) groups is 4. The van der Waals surface area contributed by atoms with Crippen molar-refractivity contribution in [1.82, 2.24) is 20.0 Å². The third-order valence-electron chi connectivity index (χ3n) is 6.36. The van der Waals surface area contributed by atoms with Crippen molar-refractivity contribution in [3.8, 4) is 0 Å².